The summed E-state index contributed by atoms with van der Waals surface area (Å²) in [7, 11) is 0. The minimum absolute atomic E-state index is 0.468. The van der Waals surface area contributed by atoms with E-state index in [0.717, 1.165) is 5.92 Å². The Labute approximate surface area is 125 Å². The molecule has 1 aromatic carbocycles. The molecule has 2 unspecified atom stereocenters. The molecule has 1 N–H and O–H groups in total. The monoisotopic (exact) mass is 273 g/mol. The molecule has 2 atom stereocenters. The molecule has 1 heteroatoms. The molecule has 0 radical (unpaired) electrons. The highest BCUT2D eigenvalue weighted by molar-refractivity contribution is 5.36. The molecule has 2 rings (SSSR count). The van der Waals surface area contributed by atoms with Crippen LogP contribution in [0.5, 0.6) is 0 Å². The van der Waals surface area contributed by atoms with Crippen molar-refractivity contribution in [2.45, 2.75) is 78.3 Å². The van der Waals surface area contributed by atoms with Crippen LogP contribution in [0.2, 0.25) is 0 Å². The highest BCUT2D eigenvalue weighted by Crippen LogP contribution is 2.25. The first-order valence-electron chi connectivity index (χ1n) is 8.44. The normalized spacial score (nSPS) is 17.2. The van der Waals surface area contributed by atoms with Gasteiger partial charge < -0.3 is 5.32 Å². The van der Waals surface area contributed by atoms with Gasteiger partial charge in [0, 0.05) is 12.1 Å². The summed E-state index contributed by atoms with van der Waals surface area (Å²) < 4.78 is 0. The summed E-state index contributed by atoms with van der Waals surface area (Å²) in [5.74, 6) is 0.830. The Morgan fingerprint density at radius 1 is 1.00 bits per heavy atom. The lowest BCUT2D eigenvalue weighted by atomic mass is 10.00. The number of nitrogens with one attached hydrogen (secondary N) is 1. The van der Waals surface area contributed by atoms with Crippen LogP contribution in [0.15, 0.2) is 18.2 Å². The molecule has 0 bridgehead atoms. The second-order valence-electron chi connectivity index (χ2n) is 7.00. The van der Waals surface area contributed by atoms with Crippen molar-refractivity contribution in [3.8, 4) is 0 Å². The molecular formula is C19H31N. The maximum absolute atomic E-state index is 3.76. The van der Waals surface area contributed by atoms with Crippen LogP contribution in [-0.4, -0.2) is 6.04 Å². The fraction of sp³-hybridized carbons (Fsp3) is 0.684. The smallest absolute Gasteiger partial charge is 0.0294 e. The average Bonchev–Trinajstić information content (AvgIpc) is 2.85. The third-order valence-electron chi connectivity index (χ3n) is 4.58. The van der Waals surface area contributed by atoms with Gasteiger partial charge in [-0.15, -0.1) is 0 Å². The Bertz CT molecular complexity index is 422. The fourth-order valence-corrected chi connectivity index (χ4v) is 3.30. The van der Waals surface area contributed by atoms with E-state index in [2.05, 4.69) is 51.2 Å². The Balaban J connectivity index is 1.83. The summed E-state index contributed by atoms with van der Waals surface area (Å²) in [6.07, 6.45) is 7.87. The van der Waals surface area contributed by atoms with E-state index in [1.807, 2.05) is 0 Å². The van der Waals surface area contributed by atoms with Gasteiger partial charge in [0.2, 0.25) is 0 Å². The Kier molecular flexibility index (Phi) is 5.65. The van der Waals surface area contributed by atoms with Crippen molar-refractivity contribution in [1.82, 2.24) is 5.32 Å². The average molecular weight is 273 g/mol. The molecule has 0 saturated carbocycles. The Morgan fingerprint density at radius 3 is 2.50 bits per heavy atom. The Morgan fingerprint density at radius 2 is 1.75 bits per heavy atom. The van der Waals surface area contributed by atoms with E-state index in [1.165, 1.54) is 44.1 Å². The van der Waals surface area contributed by atoms with E-state index < -0.39 is 0 Å². The standard InChI is InChI=1S/C19H31N/c1-14(2)7-5-8-15(3)20-16(4)18-12-11-17-9-6-10-19(17)13-18/h11-16,20H,5-10H2,1-4H3. The van der Waals surface area contributed by atoms with Gasteiger partial charge in [-0.1, -0.05) is 44.9 Å². The third-order valence-corrected chi connectivity index (χ3v) is 4.58. The van der Waals surface area contributed by atoms with Crippen molar-refractivity contribution in [3.05, 3.63) is 34.9 Å². The van der Waals surface area contributed by atoms with Crippen molar-refractivity contribution in [3.63, 3.8) is 0 Å². The molecule has 0 amide bonds. The van der Waals surface area contributed by atoms with Crippen LogP contribution in [0.25, 0.3) is 0 Å². The molecule has 1 aliphatic carbocycles. The maximum Gasteiger partial charge on any atom is 0.0294 e. The molecule has 1 aliphatic rings. The molecule has 0 fully saturated rings. The maximum atomic E-state index is 3.76. The zero-order valence-corrected chi connectivity index (χ0v) is 13.7. The van der Waals surface area contributed by atoms with Crippen molar-refractivity contribution in [1.29, 1.82) is 0 Å². The lowest BCUT2D eigenvalue weighted by Gasteiger charge is -2.21. The zero-order chi connectivity index (χ0) is 14.5. The molecule has 0 saturated heterocycles. The van der Waals surface area contributed by atoms with Gasteiger partial charge in [0.1, 0.15) is 0 Å². The van der Waals surface area contributed by atoms with Gasteiger partial charge >= 0.3 is 0 Å². The third kappa shape index (κ3) is 4.34. The minimum Gasteiger partial charge on any atom is -0.308 e. The summed E-state index contributed by atoms with van der Waals surface area (Å²) >= 11 is 0. The number of hydrogen-bond acceptors (Lipinski definition) is 1. The van der Waals surface area contributed by atoms with Gasteiger partial charge in [0.05, 0.1) is 0 Å². The number of rotatable bonds is 7. The topological polar surface area (TPSA) is 12.0 Å². The van der Waals surface area contributed by atoms with Gasteiger partial charge in [-0.2, -0.15) is 0 Å². The lowest BCUT2D eigenvalue weighted by molar-refractivity contribution is 0.423. The highest BCUT2D eigenvalue weighted by Gasteiger charge is 2.14. The summed E-state index contributed by atoms with van der Waals surface area (Å²) in [6, 6.07) is 8.18. The van der Waals surface area contributed by atoms with Crippen LogP contribution in [0, 0.1) is 5.92 Å². The van der Waals surface area contributed by atoms with Gasteiger partial charge in [-0.3, -0.25) is 0 Å². The second-order valence-corrected chi connectivity index (χ2v) is 7.00. The minimum atomic E-state index is 0.468. The molecule has 1 aromatic rings. The fourth-order valence-electron chi connectivity index (χ4n) is 3.30. The number of hydrogen-bond donors (Lipinski definition) is 1. The zero-order valence-electron chi connectivity index (χ0n) is 13.7. The molecule has 0 aliphatic heterocycles. The van der Waals surface area contributed by atoms with E-state index in [0.29, 0.717) is 12.1 Å². The largest absolute Gasteiger partial charge is 0.308 e. The summed E-state index contributed by atoms with van der Waals surface area (Å²) in [5, 5.41) is 3.76. The van der Waals surface area contributed by atoms with Crippen LogP contribution < -0.4 is 5.32 Å². The molecule has 112 valence electrons. The Hall–Kier alpha value is -0.820. The molecule has 0 spiro atoms. The second kappa shape index (κ2) is 7.26. The van der Waals surface area contributed by atoms with E-state index >= 15 is 0 Å². The first-order valence-corrected chi connectivity index (χ1v) is 8.44. The molecule has 0 heterocycles. The van der Waals surface area contributed by atoms with Crippen molar-refractivity contribution < 1.29 is 0 Å². The van der Waals surface area contributed by atoms with E-state index in [1.54, 1.807) is 11.1 Å². The van der Waals surface area contributed by atoms with E-state index in [9.17, 15) is 0 Å². The molecule has 0 aromatic heterocycles. The molecule has 1 nitrogen and oxygen atoms in total. The summed E-state index contributed by atoms with van der Waals surface area (Å²) in [5.41, 5.74) is 4.62. The van der Waals surface area contributed by atoms with Crippen LogP contribution >= 0.6 is 0 Å². The van der Waals surface area contributed by atoms with Crippen LogP contribution in [0.1, 0.15) is 76.1 Å². The molecular weight excluding hydrogens is 242 g/mol. The summed E-state index contributed by atoms with van der Waals surface area (Å²) in [4.78, 5) is 0. The van der Waals surface area contributed by atoms with Crippen molar-refractivity contribution in [2.75, 3.05) is 0 Å². The predicted molar refractivity (Wildman–Crippen MR) is 88.2 cm³/mol. The number of fused-ring (bicyclic) bond motifs is 1. The first-order chi connectivity index (χ1) is 9.56. The first kappa shape index (κ1) is 15.6. The quantitative estimate of drug-likeness (QED) is 0.734. The van der Waals surface area contributed by atoms with Gasteiger partial charge in [0.15, 0.2) is 0 Å². The van der Waals surface area contributed by atoms with Gasteiger partial charge in [-0.05, 0) is 62.1 Å². The van der Waals surface area contributed by atoms with Crippen LogP contribution in [0.4, 0.5) is 0 Å². The van der Waals surface area contributed by atoms with Crippen LogP contribution in [-0.2, 0) is 12.8 Å². The lowest BCUT2D eigenvalue weighted by Crippen LogP contribution is -2.29. The van der Waals surface area contributed by atoms with Crippen molar-refractivity contribution in [2.24, 2.45) is 5.92 Å². The van der Waals surface area contributed by atoms with E-state index in [4.69, 9.17) is 0 Å². The summed E-state index contributed by atoms with van der Waals surface area (Å²) in [6.45, 7) is 9.25. The SMILES string of the molecule is CC(C)CCCC(C)NC(C)c1ccc2c(c1)CCC2. The molecule has 20 heavy (non-hydrogen) atoms. The predicted octanol–water partition coefficient (Wildman–Crippen LogP) is 5.04. The van der Waals surface area contributed by atoms with Crippen molar-refractivity contribution >= 4 is 0 Å². The van der Waals surface area contributed by atoms with E-state index in [-0.39, 0.29) is 0 Å². The van der Waals surface area contributed by atoms with Gasteiger partial charge in [-0.25, -0.2) is 0 Å². The number of aryl methyl sites for hydroxylation is 2. The highest BCUT2D eigenvalue weighted by atomic mass is 14.9. The van der Waals surface area contributed by atoms with Gasteiger partial charge in [0.25, 0.3) is 0 Å². The number of benzene rings is 1. The van der Waals surface area contributed by atoms with Crippen LogP contribution in [0.3, 0.4) is 0 Å².